The number of fused-ring (bicyclic) bond motifs is 1. The lowest BCUT2D eigenvalue weighted by molar-refractivity contribution is -0.123. The quantitative estimate of drug-likeness (QED) is 0.533. The fourth-order valence-electron chi connectivity index (χ4n) is 6.91. The second-order valence-electron chi connectivity index (χ2n) is 9.93. The minimum Gasteiger partial charge on any atom is -0.352 e. The molecule has 1 heterocycles. The van der Waals surface area contributed by atoms with Crippen molar-refractivity contribution in [3.05, 3.63) is 35.4 Å². The molecular formula is C24H30N2O3S. The standard InChI is InChI=1S/C24H30N2O3S/c1-15(24-11-16-8-17(12-24)10-18(9-16)13-24)25-21(27)14-30-7-6-26-22(28)19-4-2-3-5-20(19)23(26)29/h2-5,15-18H,6-14H2,1H3,(H,25,27)/t15-,16?,17?,18?,24?/m0/s1. The number of hydrogen-bond donors (Lipinski definition) is 1. The molecule has 4 aliphatic carbocycles. The number of amides is 3. The van der Waals surface area contributed by atoms with Crippen LogP contribution >= 0.6 is 11.8 Å². The zero-order valence-electron chi connectivity index (χ0n) is 17.6. The Morgan fingerprint density at radius 3 is 2.13 bits per heavy atom. The van der Waals surface area contributed by atoms with Crippen LogP contribution in [0.3, 0.4) is 0 Å². The van der Waals surface area contributed by atoms with Gasteiger partial charge in [0.2, 0.25) is 5.91 Å². The molecular weight excluding hydrogens is 396 g/mol. The summed E-state index contributed by atoms with van der Waals surface area (Å²) >= 11 is 1.49. The Balaban J connectivity index is 1.09. The Morgan fingerprint density at radius 1 is 1.07 bits per heavy atom. The van der Waals surface area contributed by atoms with Crippen LogP contribution in [0.1, 0.15) is 66.2 Å². The van der Waals surface area contributed by atoms with Crippen LogP contribution in [-0.4, -0.2) is 46.7 Å². The molecule has 1 N–H and O–H groups in total. The Bertz CT molecular complexity index is 813. The topological polar surface area (TPSA) is 66.5 Å². The van der Waals surface area contributed by atoms with Gasteiger partial charge in [-0.15, -0.1) is 0 Å². The van der Waals surface area contributed by atoms with Crippen LogP contribution in [-0.2, 0) is 4.79 Å². The van der Waals surface area contributed by atoms with Crippen LogP contribution in [0.4, 0.5) is 0 Å². The predicted octanol–water partition coefficient (Wildman–Crippen LogP) is 3.74. The molecule has 30 heavy (non-hydrogen) atoms. The monoisotopic (exact) mass is 426 g/mol. The second-order valence-corrected chi connectivity index (χ2v) is 11.0. The highest BCUT2D eigenvalue weighted by Gasteiger charge is 2.53. The summed E-state index contributed by atoms with van der Waals surface area (Å²) in [7, 11) is 0. The molecule has 4 fully saturated rings. The van der Waals surface area contributed by atoms with Crippen molar-refractivity contribution in [1.29, 1.82) is 0 Å². The highest BCUT2D eigenvalue weighted by Crippen LogP contribution is 2.61. The Hall–Kier alpha value is -1.82. The van der Waals surface area contributed by atoms with E-state index in [0.29, 0.717) is 34.6 Å². The van der Waals surface area contributed by atoms with E-state index >= 15 is 0 Å². The third-order valence-corrected chi connectivity index (χ3v) is 8.89. The Morgan fingerprint density at radius 2 is 1.60 bits per heavy atom. The zero-order valence-corrected chi connectivity index (χ0v) is 18.4. The number of benzene rings is 1. The van der Waals surface area contributed by atoms with Gasteiger partial charge >= 0.3 is 0 Å². The average Bonchev–Trinajstić information content (AvgIpc) is 2.95. The van der Waals surface area contributed by atoms with E-state index in [1.165, 1.54) is 55.2 Å². The summed E-state index contributed by atoms with van der Waals surface area (Å²) in [6.07, 6.45) is 8.09. The van der Waals surface area contributed by atoms with E-state index in [2.05, 4.69) is 12.2 Å². The van der Waals surface area contributed by atoms with Gasteiger partial charge in [-0.3, -0.25) is 19.3 Å². The predicted molar refractivity (Wildman–Crippen MR) is 117 cm³/mol. The van der Waals surface area contributed by atoms with Crippen molar-refractivity contribution in [3.63, 3.8) is 0 Å². The van der Waals surface area contributed by atoms with Crippen LogP contribution in [0.15, 0.2) is 24.3 Å². The fourth-order valence-corrected chi connectivity index (χ4v) is 7.63. The van der Waals surface area contributed by atoms with Crippen molar-refractivity contribution in [1.82, 2.24) is 10.2 Å². The first-order valence-electron chi connectivity index (χ1n) is 11.3. The molecule has 1 aromatic carbocycles. The summed E-state index contributed by atoms with van der Waals surface area (Å²) in [5.41, 5.74) is 1.28. The van der Waals surface area contributed by atoms with Crippen molar-refractivity contribution >= 4 is 29.5 Å². The number of carbonyl (C=O) groups excluding carboxylic acids is 3. The molecule has 1 aromatic rings. The average molecular weight is 427 g/mol. The lowest BCUT2D eigenvalue weighted by atomic mass is 9.48. The van der Waals surface area contributed by atoms with Gasteiger partial charge in [-0.25, -0.2) is 0 Å². The van der Waals surface area contributed by atoms with Gasteiger partial charge in [-0.1, -0.05) is 12.1 Å². The molecule has 0 saturated heterocycles. The second kappa shape index (κ2) is 7.70. The highest BCUT2D eigenvalue weighted by molar-refractivity contribution is 7.99. The van der Waals surface area contributed by atoms with E-state index in [1.54, 1.807) is 24.3 Å². The van der Waals surface area contributed by atoms with Gasteiger partial charge in [-0.2, -0.15) is 11.8 Å². The van der Waals surface area contributed by atoms with Crippen molar-refractivity contribution < 1.29 is 14.4 Å². The van der Waals surface area contributed by atoms with Crippen LogP contribution in [0.25, 0.3) is 0 Å². The summed E-state index contributed by atoms with van der Waals surface area (Å²) < 4.78 is 0. The maximum Gasteiger partial charge on any atom is 0.261 e. The van der Waals surface area contributed by atoms with Crippen LogP contribution < -0.4 is 5.32 Å². The molecule has 1 atom stereocenters. The van der Waals surface area contributed by atoms with Gasteiger partial charge in [0.05, 0.1) is 16.9 Å². The van der Waals surface area contributed by atoms with Crippen molar-refractivity contribution in [2.24, 2.45) is 23.2 Å². The molecule has 0 radical (unpaired) electrons. The minimum atomic E-state index is -0.226. The number of nitrogens with zero attached hydrogens (tertiary/aromatic N) is 1. The van der Waals surface area contributed by atoms with E-state index in [0.717, 1.165) is 17.8 Å². The number of hydrogen-bond acceptors (Lipinski definition) is 4. The molecule has 5 aliphatic rings. The lowest BCUT2D eigenvalue weighted by Crippen LogP contribution is -2.56. The highest BCUT2D eigenvalue weighted by atomic mass is 32.2. The van der Waals surface area contributed by atoms with Gasteiger partial charge in [0.1, 0.15) is 0 Å². The summed E-state index contributed by atoms with van der Waals surface area (Å²) in [4.78, 5) is 38.7. The van der Waals surface area contributed by atoms with Gasteiger partial charge in [-0.05, 0) is 80.8 Å². The molecule has 160 valence electrons. The minimum absolute atomic E-state index is 0.0746. The molecule has 5 nitrogen and oxygen atoms in total. The van der Waals surface area contributed by atoms with Crippen LogP contribution in [0, 0.1) is 23.2 Å². The summed E-state index contributed by atoms with van der Waals surface area (Å²) in [5, 5.41) is 3.29. The Kier molecular flexibility index (Phi) is 5.16. The molecule has 6 heteroatoms. The number of nitrogens with one attached hydrogen (secondary N) is 1. The van der Waals surface area contributed by atoms with E-state index in [1.807, 2.05) is 0 Å². The van der Waals surface area contributed by atoms with Gasteiger partial charge in [0.15, 0.2) is 0 Å². The third kappa shape index (κ3) is 3.47. The molecule has 0 aromatic heterocycles. The maximum atomic E-state index is 12.6. The number of thioether (sulfide) groups is 1. The van der Waals surface area contributed by atoms with E-state index in [-0.39, 0.29) is 23.8 Å². The number of carbonyl (C=O) groups is 3. The van der Waals surface area contributed by atoms with Gasteiger partial charge in [0, 0.05) is 18.3 Å². The van der Waals surface area contributed by atoms with Crippen molar-refractivity contribution in [2.75, 3.05) is 18.1 Å². The normalized spacial score (nSPS) is 32.4. The first kappa shape index (κ1) is 20.1. The van der Waals surface area contributed by atoms with Crippen LogP contribution in [0.2, 0.25) is 0 Å². The molecule has 3 amide bonds. The van der Waals surface area contributed by atoms with E-state index < -0.39 is 0 Å². The van der Waals surface area contributed by atoms with Gasteiger partial charge in [0.25, 0.3) is 11.8 Å². The van der Waals surface area contributed by atoms with Gasteiger partial charge < -0.3 is 5.32 Å². The third-order valence-electron chi connectivity index (χ3n) is 7.95. The summed E-state index contributed by atoms with van der Waals surface area (Å²) in [6, 6.07) is 7.18. The lowest BCUT2D eigenvalue weighted by Gasteiger charge is -2.59. The largest absolute Gasteiger partial charge is 0.352 e. The number of imide groups is 1. The Labute approximate surface area is 182 Å². The molecule has 0 spiro atoms. The summed E-state index contributed by atoms with van der Waals surface area (Å²) in [5.74, 6) is 3.21. The van der Waals surface area contributed by atoms with E-state index in [4.69, 9.17) is 0 Å². The van der Waals surface area contributed by atoms with Crippen molar-refractivity contribution in [2.45, 2.75) is 51.5 Å². The fraction of sp³-hybridized carbons (Fsp3) is 0.625. The maximum absolute atomic E-state index is 12.6. The first-order chi connectivity index (χ1) is 14.4. The molecule has 1 aliphatic heterocycles. The molecule has 4 saturated carbocycles. The molecule has 0 unspecified atom stereocenters. The van der Waals surface area contributed by atoms with Crippen molar-refractivity contribution in [3.8, 4) is 0 Å². The molecule has 4 bridgehead atoms. The molecule has 6 rings (SSSR count). The smallest absolute Gasteiger partial charge is 0.261 e. The zero-order chi connectivity index (χ0) is 20.9. The first-order valence-corrected chi connectivity index (χ1v) is 12.4. The number of rotatable bonds is 7. The van der Waals surface area contributed by atoms with E-state index in [9.17, 15) is 14.4 Å². The SMILES string of the molecule is C[C@H](NC(=O)CSCCN1C(=O)c2ccccc2C1=O)C12CC3CC(CC(C3)C1)C2. The van der Waals surface area contributed by atoms with Crippen LogP contribution in [0.5, 0.6) is 0 Å². The summed E-state index contributed by atoms with van der Waals surface area (Å²) in [6.45, 7) is 2.54.